The number of alkyl halides is 6. The number of aromatic nitrogens is 5. The second-order valence-electron chi connectivity index (χ2n) is 15.8. The first kappa shape index (κ1) is 40.2. The average Bonchev–Trinajstić information content (AvgIpc) is 3.85. The average molecular weight is 877 g/mol. The van der Waals surface area contributed by atoms with Crippen molar-refractivity contribution in [1.82, 2.24) is 24.1 Å². The van der Waals surface area contributed by atoms with Gasteiger partial charge < -0.3 is 9.13 Å². The molecule has 11 rings (SSSR count). The van der Waals surface area contributed by atoms with Gasteiger partial charge in [0.05, 0.1) is 56.2 Å². The minimum absolute atomic E-state index is 0.292. The van der Waals surface area contributed by atoms with Gasteiger partial charge in [0.2, 0.25) is 0 Å². The van der Waals surface area contributed by atoms with E-state index in [0.717, 1.165) is 35.4 Å². The van der Waals surface area contributed by atoms with Gasteiger partial charge in [-0.2, -0.15) is 31.6 Å². The maximum atomic E-state index is 14.3. The Kier molecular flexibility index (Phi) is 9.33. The number of benzene rings is 8. The van der Waals surface area contributed by atoms with Crippen LogP contribution in [0.5, 0.6) is 0 Å². The van der Waals surface area contributed by atoms with Gasteiger partial charge >= 0.3 is 12.4 Å². The van der Waals surface area contributed by atoms with E-state index in [1.165, 1.54) is 12.1 Å². The van der Waals surface area contributed by atoms with Crippen molar-refractivity contribution in [3.63, 3.8) is 0 Å². The summed E-state index contributed by atoms with van der Waals surface area (Å²) in [5, 5.41) is 12.3. The van der Waals surface area contributed by atoms with Crippen LogP contribution in [0, 0.1) is 11.3 Å². The van der Waals surface area contributed by atoms with Crippen LogP contribution in [0.4, 0.5) is 26.3 Å². The highest BCUT2D eigenvalue weighted by Gasteiger charge is 2.33. The Hall–Kier alpha value is -8.56. The van der Waals surface area contributed by atoms with Gasteiger partial charge in [0, 0.05) is 49.4 Å². The van der Waals surface area contributed by atoms with Crippen molar-refractivity contribution >= 4 is 43.6 Å². The van der Waals surface area contributed by atoms with Gasteiger partial charge in [0.15, 0.2) is 17.5 Å². The second kappa shape index (κ2) is 15.3. The van der Waals surface area contributed by atoms with Crippen molar-refractivity contribution in [3.8, 4) is 62.7 Å². The van der Waals surface area contributed by atoms with Crippen molar-refractivity contribution < 1.29 is 26.3 Å². The van der Waals surface area contributed by atoms with Gasteiger partial charge in [-0.25, -0.2) is 15.0 Å². The van der Waals surface area contributed by atoms with E-state index in [4.69, 9.17) is 15.0 Å². The molecule has 0 aliphatic rings. The summed E-state index contributed by atoms with van der Waals surface area (Å²) in [6.45, 7) is 0. The number of rotatable bonds is 6. The Morgan fingerprint density at radius 1 is 0.379 bits per heavy atom. The number of fused-ring (bicyclic) bond motifs is 6. The summed E-state index contributed by atoms with van der Waals surface area (Å²) in [4.78, 5) is 14.8. The molecule has 0 aliphatic heterocycles. The molecule has 12 heteroatoms. The molecule has 0 aliphatic carbocycles. The van der Waals surface area contributed by atoms with Crippen molar-refractivity contribution in [2.45, 2.75) is 12.4 Å². The molecule has 8 aromatic carbocycles. The fraction of sp³-hybridized carbons (Fsp3) is 0.0370. The topological polar surface area (TPSA) is 72.3 Å². The molecule has 0 unspecified atom stereocenters. The van der Waals surface area contributed by atoms with Crippen molar-refractivity contribution in [3.05, 3.63) is 199 Å². The summed E-state index contributed by atoms with van der Waals surface area (Å²) in [6.07, 6.45) is -9.19. The SMILES string of the molecule is N#Cc1ccc(-n2c3ccccc3c3cc(C(F)(F)F)ccc32)c(-c2cc(-c3nc(-c4ccccc4)nc(-c4ccccc4)n3)ccc2-n2c3ccccc3c3cc(C(F)(F)F)ccc32)c1. The predicted molar refractivity (Wildman–Crippen MR) is 245 cm³/mol. The van der Waals surface area contributed by atoms with E-state index in [2.05, 4.69) is 6.07 Å². The zero-order valence-corrected chi connectivity index (χ0v) is 34.3. The van der Waals surface area contributed by atoms with E-state index < -0.39 is 23.5 Å². The number of halogens is 6. The molecule has 0 bridgehead atoms. The molecule has 0 spiro atoms. The van der Waals surface area contributed by atoms with Crippen LogP contribution < -0.4 is 0 Å². The van der Waals surface area contributed by atoms with E-state index in [9.17, 15) is 31.6 Å². The zero-order valence-electron chi connectivity index (χ0n) is 34.3. The fourth-order valence-corrected chi connectivity index (χ4v) is 8.86. The lowest BCUT2D eigenvalue weighted by atomic mass is 9.96. The summed E-state index contributed by atoms with van der Waals surface area (Å²) in [5.41, 5.74) is 5.08. The molecule has 3 aromatic heterocycles. The first-order chi connectivity index (χ1) is 31.9. The molecular formula is C54H30F6N6. The second-order valence-corrected chi connectivity index (χ2v) is 15.8. The molecule has 3 heterocycles. The van der Waals surface area contributed by atoms with Crippen molar-refractivity contribution in [2.24, 2.45) is 0 Å². The predicted octanol–water partition coefficient (Wildman–Crippen LogP) is 14.6. The summed E-state index contributed by atoms with van der Waals surface area (Å²) in [7, 11) is 0. The minimum atomic E-state index is -4.60. The van der Waals surface area contributed by atoms with Crippen molar-refractivity contribution in [1.29, 1.82) is 5.26 Å². The van der Waals surface area contributed by atoms with Crippen molar-refractivity contribution in [2.75, 3.05) is 0 Å². The molecule has 0 amide bonds. The Bertz CT molecular complexity index is 3690. The highest BCUT2D eigenvalue weighted by molar-refractivity contribution is 6.12. The van der Waals surface area contributed by atoms with Gasteiger partial charge in [-0.05, 0) is 84.9 Å². The van der Waals surface area contributed by atoms with Gasteiger partial charge in [0.1, 0.15) is 0 Å². The van der Waals surface area contributed by atoms with Crippen LogP contribution >= 0.6 is 0 Å². The van der Waals surface area contributed by atoms with Gasteiger partial charge in [-0.3, -0.25) is 0 Å². The summed E-state index contributed by atoms with van der Waals surface area (Å²) >= 11 is 0. The van der Waals surface area contributed by atoms with Crippen LogP contribution in [0.2, 0.25) is 0 Å². The standard InChI is InChI=1S/C54H30F6N6/c55-53(56,57)36-21-25-48-42(29-36)38-15-7-9-17-44(38)65(48)46-23-19-32(31-61)27-40(46)41-28-35(52-63-50(33-11-3-1-4-12-33)62-51(64-52)34-13-5-2-6-14-34)20-24-47(41)66-45-18-10-8-16-39(45)43-30-37(54(58,59)60)22-26-49(43)66/h1-30H. The molecule has 318 valence electrons. The lowest BCUT2D eigenvalue weighted by Gasteiger charge is -2.20. The third kappa shape index (κ3) is 6.80. The van der Waals surface area contributed by atoms with E-state index in [1.807, 2.05) is 106 Å². The van der Waals surface area contributed by atoms with Crippen LogP contribution in [0.25, 0.3) is 100 Å². The smallest absolute Gasteiger partial charge is 0.309 e. The number of hydrogen-bond acceptors (Lipinski definition) is 4. The summed E-state index contributed by atoms with van der Waals surface area (Å²) in [6, 6.07) is 53.6. The molecule has 11 aromatic rings. The lowest BCUT2D eigenvalue weighted by molar-refractivity contribution is -0.138. The number of para-hydroxylation sites is 2. The summed E-state index contributed by atoms with van der Waals surface area (Å²) < 4.78 is 89.2. The normalized spacial score (nSPS) is 12.1. The lowest BCUT2D eigenvalue weighted by Crippen LogP contribution is -2.05. The molecule has 0 fully saturated rings. The number of nitrogens with zero attached hydrogens (tertiary/aromatic N) is 6. The van der Waals surface area contributed by atoms with E-state index in [0.29, 0.717) is 94.7 Å². The Morgan fingerprint density at radius 3 is 1.26 bits per heavy atom. The minimum Gasteiger partial charge on any atom is -0.309 e. The van der Waals surface area contributed by atoms with Crippen LogP contribution in [0.1, 0.15) is 16.7 Å². The Labute approximate surface area is 371 Å². The molecule has 0 radical (unpaired) electrons. The van der Waals surface area contributed by atoms with Gasteiger partial charge in [0.25, 0.3) is 0 Å². The van der Waals surface area contributed by atoms with Gasteiger partial charge in [-0.15, -0.1) is 0 Å². The molecule has 0 saturated carbocycles. The fourth-order valence-electron chi connectivity index (χ4n) is 8.86. The zero-order chi connectivity index (χ0) is 45.3. The van der Waals surface area contributed by atoms with E-state index in [-0.39, 0.29) is 0 Å². The molecule has 0 saturated heterocycles. The summed E-state index contributed by atoms with van der Waals surface area (Å²) in [5.74, 6) is 1.16. The monoisotopic (exact) mass is 876 g/mol. The molecule has 66 heavy (non-hydrogen) atoms. The molecule has 0 atom stereocenters. The maximum Gasteiger partial charge on any atom is 0.416 e. The van der Waals surface area contributed by atoms with E-state index >= 15 is 0 Å². The molecule has 6 nitrogen and oxygen atoms in total. The van der Waals surface area contributed by atoms with Crippen LogP contribution in [-0.4, -0.2) is 24.1 Å². The molecular weight excluding hydrogens is 847 g/mol. The Morgan fingerprint density at radius 2 is 0.788 bits per heavy atom. The quantitative estimate of drug-likeness (QED) is 0.156. The third-order valence-electron chi connectivity index (χ3n) is 11.9. The van der Waals surface area contributed by atoms with Gasteiger partial charge in [-0.1, -0.05) is 97.1 Å². The maximum absolute atomic E-state index is 14.3. The largest absolute Gasteiger partial charge is 0.416 e. The van der Waals surface area contributed by atoms with Crippen LogP contribution in [0.15, 0.2) is 182 Å². The highest BCUT2D eigenvalue weighted by atomic mass is 19.4. The number of nitriles is 1. The third-order valence-corrected chi connectivity index (χ3v) is 11.9. The highest BCUT2D eigenvalue weighted by Crippen LogP contribution is 2.44. The molecule has 0 N–H and O–H groups in total. The Balaban J connectivity index is 1.25. The van der Waals surface area contributed by atoms with Crippen LogP contribution in [0.3, 0.4) is 0 Å². The van der Waals surface area contributed by atoms with Crippen LogP contribution in [-0.2, 0) is 12.4 Å². The van der Waals surface area contributed by atoms with E-state index in [1.54, 1.807) is 48.5 Å². The first-order valence-corrected chi connectivity index (χ1v) is 20.7. The first-order valence-electron chi connectivity index (χ1n) is 20.7. The number of hydrogen-bond donors (Lipinski definition) is 0.